The average Bonchev–Trinajstić information content (AvgIpc) is 3.19. The molecule has 0 saturated carbocycles. The first-order valence-electron chi connectivity index (χ1n) is 9.45. The molecule has 162 valence electrons. The van der Waals surface area contributed by atoms with Crippen LogP contribution in [0.3, 0.4) is 0 Å². The number of pyridine rings is 1. The Hall–Kier alpha value is -4.05. The first kappa shape index (κ1) is 21.2. The molecule has 0 saturated heterocycles. The molecule has 3 heterocycles. The van der Waals surface area contributed by atoms with Gasteiger partial charge in [0.1, 0.15) is 28.5 Å². The molecular weight excluding hydrogens is 437 g/mol. The van der Waals surface area contributed by atoms with Crippen LogP contribution < -0.4 is 16.2 Å². The van der Waals surface area contributed by atoms with E-state index in [1.54, 1.807) is 18.5 Å². The molecule has 0 aliphatic carbocycles. The number of benzene rings is 1. The molecule has 11 heteroatoms. The van der Waals surface area contributed by atoms with Crippen molar-refractivity contribution in [3.05, 3.63) is 71.3 Å². The van der Waals surface area contributed by atoms with Crippen LogP contribution in [0.2, 0.25) is 5.02 Å². The largest absolute Gasteiger partial charge is 0.453 e. The summed E-state index contributed by atoms with van der Waals surface area (Å²) in [5.74, 6) is -1.24. The molecule has 4 aromatic rings. The van der Waals surface area contributed by atoms with Gasteiger partial charge in [-0.2, -0.15) is 5.10 Å². The predicted molar refractivity (Wildman–Crippen MR) is 116 cm³/mol. The number of hydrogen-bond acceptors (Lipinski definition) is 7. The number of nitrogens with zero attached hydrogens (tertiary/aromatic N) is 5. The first-order valence-corrected chi connectivity index (χ1v) is 9.83. The van der Waals surface area contributed by atoms with E-state index in [4.69, 9.17) is 27.8 Å². The number of amides is 1. The van der Waals surface area contributed by atoms with E-state index in [9.17, 15) is 9.18 Å². The molecule has 3 aromatic heterocycles. The van der Waals surface area contributed by atoms with Crippen LogP contribution in [0.5, 0.6) is 11.5 Å². The second-order valence-electron chi connectivity index (χ2n) is 6.65. The van der Waals surface area contributed by atoms with Crippen molar-refractivity contribution in [1.29, 1.82) is 0 Å². The van der Waals surface area contributed by atoms with E-state index in [1.807, 2.05) is 6.92 Å². The van der Waals surface area contributed by atoms with Gasteiger partial charge in [-0.1, -0.05) is 18.5 Å². The number of aromatic nitrogens is 5. The number of anilines is 1. The first-order chi connectivity index (χ1) is 15.4. The Morgan fingerprint density at radius 1 is 1.22 bits per heavy atom. The molecule has 9 nitrogen and oxygen atoms in total. The summed E-state index contributed by atoms with van der Waals surface area (Å²) in [5.41, 5.74) is 13.2. The van der Waals surface area contributed by atoms with E-state index in [-0.39, 0.29) is 33.6 Å². The van der Waals surface area contributed by atoms with Gasteiger partial charge >= 0.3 is 0 Å². The van der Waals surface area contributed by atoms with Crippen LogP contribution in [-0.2, 0) is 6.42 Å². The Morgan fingerprint density at radius 3 is 2.62 bits per heavy atom. The molecule has 32 heavy (non-hydrogen) atoms. The standard InChI is InChI=1S/C21H17ClFN7O2/c1-2-14-17(21(25)31)19(29-30(14)12-8-26-10-27-9-12)11-3-4-15(13(23)7-11)32-16-5-6-28-20(24)18(16)22/h3-10H,2H2,1H3,(H2,24,28)(H2,25,31). The van der Waals surface area contributed by atoms with E-state index < -0.39 is 11.7 Å². The molecule has 0 bridgehead atoms. The van der Waals surface area contributed by atoms with Crippen molar-refractivity contribution < 1.29 is 13.9 Å². The zero-order chi connectivity index (χ0) is 22.8. The Balaban J connectivity index is 1.78. The molecule has 4 rings (SSSR count). The quantitative estimate of drug-likeness (QED) is 0.455. The van der Waals surface area contributed by atoms with E-state index in [2.05, 4.69) is 20.1 Å². The van der Waals surface area contributed by atoms with E-state index in [0.717, 1.165) is 0 Å². The molecule has 0 radical (unpaired) electrons. The van der Waals surface area contributed by atoms with Gasteiger partial charge in [-0.3, -0.25) is 4.79 Å². The molecule has 0 fully saturated rings. The monoisotopic (exact) mass is 453 g/mol. The van der Waals surface area contributed by atoms with Crippen LogP contribution in [0.4, 0.5) is 10.2 Å². The van der Waals surface area contributed by atoms with Crippen molar-refractivity contribution in [3.8, 4) is 28.4 Å². The fourth-order valence-electron chi connectivity index (χ4n) is 3.22. The topological polar surface area (TPSA) is 135 Å². The molecule has 4 N–H and O–H groups in total. The van der Waals surface area contributed by atoms with Gasteiger partial charge in [-0.15, -0.1) is 0 Å². The van der Waals surface area contributed by atoms with Crippen molar-refractivity contribution in [2.45, 2.75) is 13.3 Å². The maximum atomic E-state index is 14.9. The van der Waals surface area contributed by atoms with Gasteiger partial charge in [0.15, 0.2) is 17.3 Å². The lowest BCUT2D eigenvalue weighted by atomic mass is 10.0. The molecule has 0 aliphatic rings. The van der Waals surface area contributed by atoms with Gasteiger partial charge < -0.3 is 16.2 Å². The lowest BCUT2D eigenvalue weighted by Gasteiger charge is -2.10. The summed E-state index contributed by atoms with van der Waals surface area (Å²) in [6, 6.07) is 5.64. The summed E-state index contributed by atoms with van der Waals surface area (Å²) < 4.78 is 22.0. The Bertz CT molecular complexity index is 1310. The third-order valence-corrected chi connectivity index (χ3v) is 5.04. The van der Waals surface area contributed by atoms with Crippen LogP contribution in [-0.4, -0.2) is 30.6 Å². The van der Waals surface area contributed by atoms with Gasteiger partial charge in [0.2, 0.25) is 0 Å². The fraction of sp³-hybridized carbons (Fsp3) is 0.0952. The number of primary amides is 1. The summed E-state index contributed by atoms with van der Waals surface area (Å²) in [7, 11) is 0. The minimum Gasteiger partial charge on any atom is -0.453 e. The smallest absolute Gasteiger partial charge is 0.252 e. The molecule has 0 atom stereocenters. The summed E-state index contributed by atoms with van der Waals surface area (Å²) >= 11 is 6.06. The van der Waals surface area contributed by atoms with Crippen LogP contribution in [0.1, 0.15) is 23.0 Å². The van der Waals surface area contributed by atoms with E-state index in [0.29, 0.717) is 23.4 Å². The van der Waals surface area contributed by atoms with Gasteiger partial charge in [0.25, 0.3) is 5.91 Å². The second kappa shape index (κ2) is 8.60. The summed E-state index contributed by atoms with van der Waals surface area (Å²) in [6.07, 6.45) is 6.33. The number of rotatable bonds is 6. The highest BCUT2D eigenvalue weighted by Crippen LogP contribution is 2.35. The third-order valence-electron chi connectivity index (χ3n) is 4.66. The van der Waals surface area contributed by atoms with Crippen molar-refractivity contribution >= 4 is 23.3 Å². The fourth-order valence-corrected chi connectivity index (χ4v) is 3.37. The number of ether oxygens (including phenoxy) is 1. The number of halogens is 2. The number of hydrogen-bond donors (Lipinski definition) is 2. The van der Waals surface area contributed by atoms with E-state index >= 15 is 0 Å². The number of carbonyl (C=O) groups excluding carboxylic acids is 1. The SMILES string of the molecule is CCc1c(C(N)=O)c(-c2ccc(Oc3ccnc(N)c3Cl)c(F)c2)nn1-c1cncnc1. The zero-order valence-electron chi connectivity index (χ0n) is 16.8. The molecular formula is C21H17ClFN7O2. The van der Waals surface area contributed by atoms with Crippen LogP contribution in [0, 0.1) is 5.82 Å². The van der Waals surface area contributed by atoms with Crippen molar-refractivity contribution in [3.63, 3.8) is 0 Å². The lowest BCUT2D eigenvalue weighted by molar-refractivity contribution is 0.1000. The lowest BCUT2D eigenvalue weighted by Crippen LogP contribution is -2.14. The average molecular weight is 454 g/mol. The molecule has 1 aromatic carbocycles. The second-order valence-corrected chi connectivity index (χ2v) is 7.03. The van der Waals surface area contributed by atoms with Gasteiger partial charge in [0, 0.05) is 17.8 Å². The maximum absolute atomic E-state index is 14.9. The summed E-state index contributed by atoms with van der Waals surface area (Å²) in [6.45, 7) is 1.86. The normalized spacial score (nSPS) is 10.8. The van der Waals surface area contributed by atoms with Gasteiger partial charge in [0.05, 0.1) is 23.7 Å². The van der Waals surface area contributed by atoms with Crippen molar-refractivity contribution in [2.24, 2.45) is 5.73 Å². The minimum atomic E-state index is -0.694. The maximum Gasteiger partial charge on any atom is 0.252 e. The van der Waals surface area contributed by atoms with Crippen LogP contribution in [0.25, 0.3) is 16.9 Å². The van der Waals surface area contributed by atoms with Crippen molar-refractivity contribution in [1.82, 2.24) is 24.7 Å². The zero-order valence-corrected chi connectivity index (χ0v) is 17.5. The minimum absolute atomic E-state index is 0.0646. The summed E-state index contributed by atoms with van der Waals surface area (Å²) in [4.78, 5) is 24.1. The van der Waals surface area contributed by atoms with Gasteiger partial charge in [-0.05, 0) is 24.6 Å². The Labute approximate surface area is 186 Å². The Kier molecular flexibility index (Phi) is 5.69. The highest BCUT2D eigenvalue weighted by molar-refractivity contribution is 6.34. The molecule has 0 spiro atoms. The number of nitrogen functional groups attached to an aromatic ring is 1. The summed E-state index contributed by atoms with van der Waals surface area (Å²) in [5, 5.41) is 4.58. The predicted octanol–water partition coefficient (Wildman–Crippen LogP) is 3.55. The number of carbonyl (C=O) groups is 1. The number of nitrogens with two attached hydrogens (primary N) is 2. The van der Waals surface area contributed by atoms with Crippen molar-refractivity contribution in [2.75, 3.05) is 5.73 Å². The van der Waals surface area contributed by atoms with Crippen LogP contribution in [0.15, 0.2) is 49.2 Å². The molecule has 0 aliphatic heterocycles. The van der Waals surface area contributed by atoms with E-state index in [1.165, 1.54) is 35.4 Å². The highest BCUT2D eigenvalue weighted by atomic mass is 35.5. The molecule has 1 amide bonds. The Morgan fingerprint density at radius 2 is 1.97 bits per heavy atom. The van der Waals surface area contributed by atoms with Crippen LogP contribution >= 0.6 is 11.6 Å². The third kappa shape index (κ3) is 3.83. The van der Waals surface area contributed by atoms with Gasteiger partial charge in [-0.25, -0.2) is 24.0 Å². The highest BCUT2D eigenvalue weighted by Gasteiger charge is 2.24. The molecule has 0 unspecified atom stereocenters.